The highest BCUT2D eigenvalue weighted by Crippen LogP contribution is 2.19. The van der Waals surface area contributed by atoms with Crippen LogP contribution < -0.4 is 0 Å². The zero-order valence-corrected chi connectivity index (χ0v) is 8.72. The molecule has 0 saturated carbocycles. The second-order valence-corrected chi connectivity index (χ2v) is 3.56. The van der Waals surface area contributed by atoms with Crippen molar-refractivity contribution >= 4 is 17.6 Å². The molecular formula is C9H16ClNO2. The molecule has 1 rings (SSSR count). The molecule has 0 amide bonds. The zero-order chi connectivity index (χ0) is 9.68. The molecule has 0 radical (unpaired) electrons. The molecule has 0 bridgehead atoms. The highest BCUT2D eigenvalue weighted by Gasteiger charge is 2.23. The number of rotatable bonds is 3. The number of hydrogen-bond acceptors (Lipinski definition) is 3. The lowest BCUT2D eigenvalue weighted by atomic mass is 10.0. The van der Waals surface area contributed by atoms with E-state index in [1.54, 1.807) is 5.06 Å². The van der Waals surface area contributed by atoms with Crippen molar-refractivity contribution in [1.29, 1.82) is 0 Å². The van der Waals surface area contributed by atoms with Crippen LogP contribution in [-0.2, 0) is 9.63 Å². The number of alkyl halides is 1. The number of halogens is 1. The number of nitrogens with zero attached hydrogens (tertiary/aromatic N) is 1. The predicted molar refractivity (Wildman–Crippen MR) is 51.4 cm³/mol. The van der Waals surface area contributed by atoms with Gasteiger partial charge < -0.3 is 4.84 Å². The molecule has 0 spiro atoms. The van der Waals surface area contributed by atoms with E-state index in [1.165, 1.54) is 6.42 Å². The van der Waals surface area contributed by atoms with Gasteiger partial charge in [0.05, 0.1) is 0 Å². The summed E-state index contributed by atoms with van der Waals surface area (Å²) in [6.45, 7) is 2.96. The first-order chi connectivity index (χ1) is 6.27. The summed E-state index contributed by atoms with van der Waals surface area (Å²) in [5, 5.41) is 1.79. The molecule has 4 heteroatoms. The Labute approximate surface area is 83.9 Å². The molecule has 1 fully saturated rings. The normalized spacial score (nSPS) is 24.3. The summed E-state index contributed by atoms with van der Waals surface area (Å²) in [6.07, 6.45) is 4.47. The van der Waals surface area contributed by atoms with Crippen molar-refractivity contribution in [2.45, 2.75) is 38.6 Å². The Bertz CT molecular complexity index is 175. The first kappa shape index (κ1) is 10.8. The highest BCUT2D eigenvalue weighted by atomic mass is 35.5. The minimum Gasteiger partial charge on any atom is -0.366 e. The fourth-order valence-electron chi connectivity index (χ4n) is 1.66. The van der Waals surface area contributed by atoms with Crippen LogP contribution >= 0.6 is 11.6 Å². The number of carbonyl (C=O) groups excluding carboxylic acids is 1. The van der Waals surface area contributed by atoms with Crippen LogP contribution in [0.3, 0.4) is 0 Å². The maximum Gasteiger partial charge on any atom is 0.339 e. The van der Waals surface area contributed by atoms with Crippen LogP contribution in [0.1, 0.15) is 32.6 Å². The standard InChI is InChI=1S/C9H16ClNO2/c1-2-8-5-3-4-6-11(8)13-9(12)7-10/h8H,2-7H2,1H3. The van der Waals surface area contributed by atoms with Crippen LogP contribution in [0.15, 0.2) is 0 Å². The van der Waals surface area contributed by atoms with Crippen LogP contribution in [-0.4, -0.2) is 29.5 Å². The molecule has 1 heterocycles. The molecule has 0 aromatic rings. The van der Waals surface area contributed by atoms with E-state index in [2.05, 4.69) is 6.92 Å². The van der Waals surface area contributed by atoms with Gasteiger partial charge in [0, 0.05) is 12.6 Å². The summed E-state index contributed by atoms with van der Waals surface area (Å²) in [4.78, 5) is 16.1. The van der Waals surface area contributed by atoms with Gasteiger partial charge in [0.2, 0.25) is 0 Å². The smallest absolute Gasteiger partial charge is 0.339 e. The third kappa shape index (κ3) is 3.16. The van der Waals surface area contributed by atoms with E-state index in [0.717, 1.165) is 25.8 Å². The van der Waals surface area contributed by atoms with Crippen LogP contribution in [0.2, 0.25) is 0 Å². The molecule has 3 nitrogen and oxygen atoms in total. The summed E-state index contributed by atoms with van der Waals surface area (Å²) < 4.78 is 0. The molecular weight excluding hydrogens is 190 g/mol. The Hall–Kier alpha value is -0.280. The summed E-state index contributed by atoms with van der Waals surface area (Å²) in [5.41, 5.74) is 0. The van der Waals surface area contributed by atoms with E-state index in [4.69, 9.17) is 16.4 Å². The van der Waals surface area contributed by atoms with Crippen LogP contribution in [0, 0.1) is 0 Å². The number of hydrogen-bond donors (Lipinski definition) is 0. The number of hydroxylamine groups is 2. The van der Waals surface area contributed by atoms with E-state index in [1.807, 2.05) is 0 Å². The van der Waals surface area contributed by atoms with Gasteiger partial charge in [-0.25, -0.2) is 4.79 Å². The van der Waals surface area contributed by atoms with E-state index in [9.17, 15) is 4.79 Å². The first-order valence-corrected chi connectivity index (χ1v) is 5.34. The Kier molecular flexibility index (Phi) is 4.53. The molecule has 0 N–H and O–H groups in total. The lowest BCUT2D eigenvalue weighted by Crippen LogP contribution is -2.40. The molecule has 0 aromatic heterocycles. The van der Waals surface area contributed by atoms with Crippen molar-refractivity contribution in [2.24, 2.45) is 0 Å². The van der Waals surface area contributed by atoms with Gasteiger partial charge in [0.1, 0.15) is 5.88 Å². The second-order valence-electron chi connectivity index (χ2n) is 3.30. The Morgan fingerprint density at radius 3 is 3.00 bits per heavy atom. The van der Waals surface area contributed by atoms with E-state index in [-0.39, 0.29) is 11.8 Å². The Morgan fingerprint density at radius 1 is 1.62 bits per heavy atom. The molecule has 1 saturated heterocycles. The maximum atomic E-state index is 10.9. The van der Waals surface area contributed by atoms with Crippen molar-refractivity contribution in [3.8, 4) is 0 Å². The average molecular weight is 206 g/mol. The third-order valence-corrected chi connectivity index (χ3v) is 2.59. The van der Waals surface area contributed by atoms with Crippen LogP contribution in [0.25, 0.3) is 0 Å². The summed E-state index contributed by atoms with van der Waals surface area (Å²) >= 11 is 5.36. The minimum absolute atomic E-state index is 0.0626. The SMILES string of the molecule is CCC1CCCCN1OC(=O)CCl. The molecule has 1 aliphatic heterocycles. The van der Waals surface area contributed by atoms with Gasteiger partial charge >= 0.3 is 5.97 Å². The second kappa shape index (κ2) is 5.45. The lowest BCUT2D eigenvalue weighted by Gasteiger charge is -2.32. The molecule has 1 unspecified atom stereocenters. The molecule has 1 atom stereocenters. The summed E-state index contributed by atoms with van der Waals surface area (Å²) in [7, 11) is 0. The van der Waals surface area contributed by atoms with Crippen LogP contribution in [0.4, 0.5) is 0 Å². The topological polar surface area (TPSA) is 29.5 Å². The van der Waals surface area contributed by atoms with Gasteiger partial charge in [-0.2, -0.15) is 0 Å². The van der Waals surface area contributed by atoms with Crippen molar-refractivity contribution in [3.05, 3.63) is 0 Å². The molecule has 0 aromatic carbocycles. The van der Waals surface area contributed by atoms with Gasteiger partial charge in [-0.1, -0.05) is 13.3 Å². The van der Waals surface area contributed by atoms with Gasteiger partial charge in [-0.3, -0.25) is 0 Å². The molecule has 76 valence electrons. The number of carbonyl (C=O) groups is 1. The van der Waals surface area contributed by atoms with Gasteiger partial charge in [0.25, 0.3) is 0 Å². The van der Waals surface area contributed by atoms with Crippen molar-refractivity contribution in [3.63, 3.8) is 0 Å². The predicted octanol–water partition coefficient (Wildman–Crippen LogP) is 1.95. The van der Waals surface area contributed by atoms with Gasteiger partial charge in [-0.05, 0) is 19.3 Å². The highest BCUT2D eigenvalue weighted by molar-refractivity contribution is 6.26. The van der Waals surface area contributed by atoms with E-state index in [0.29, 0.717) is 6.04 Å². The Morgan fingerprint density at radius 2 is 2.38 bits per heavy atom. The number of piperidine rings is 1. The zero-order valence-electron chi connectivity index (χ0n) is 7.96. The largest absolute Gasteiger partial charge is 0.366 e. The minimum atomic E-state index is -0.345. The quantitative estimate of drug-likeness (QED) is 0.660. The van der Waals surface area contributed by atoms with Crippen molar-refractivity contribution in [2.75, 3.05) is 12.4 Å². The summed E-state index contributed by atoms with van der Waals surface area (Å²) in [6, 6.07) is 0.390. The monoisotopic (exact) mass is 205 g/mol. The summed E-state index contributed by atoms with van der Waals surface area (Å²) in [5.74, 6) is -0.408. The van der Waals surface area contributed by atoms with E-state index >= 15 is 0 Å². The molecule has 0 aliphatic carbocycles. The molecule has 1 aliphatic rings. The van der Waals surface area contributed by atoms with Crippen LogP contribution in [0.5, 0.6) is 0 Å². The van der Waals surface area contributed by atoms with Crippen molar-refractivity contribution in [1.82, 2.24) is 5.06 Å². The molecule has 13 heavy (non-hydrogen) atoms. The first-order valence-electron chi connectivity index (χ1n) is 4.81. The van der Waals surface area contributed by atoms with Gasteiger partial charge in [-0.15, -0.1) is 16.7 Å². The average Bonchev–Trinajstić information content (AvgIpc) is 2.18. The fraction of sp³-hybridized carbons (Fsp3) is 0.889. The third-order valence-electron chi connectivity index (χ3n) is 2.37. The maximum absolute atomic E-state index is 10.9. The van der Waals surface area contributed by atoms with Crippen molar-refractivity contribution < 1.29 is 9.63 Å². The lowest BCUT2D eigenvalue weighted by molar-refractivity contribution is -0.205. The van der Waals surface area contributed by atoms with E-state index < -0.39 is 0 Å². The van der Waals surface area contributed by atoms with Gasteiger partial charge in [0.15, 0.2) is 0 Å². The Balaban J connectivity index is 2.40. The fourth-order valence-corrected chi connectivity index (χ4v) is 1.71.